The molecule has 7 heteroatoms. The van der Waals surface area contributed by atoms with Gasteiger partial charge in [-0.3, -0.25) is 14.9 Å². The molecule has 0 aromatic carbocycles. The van der Waals surface area contributed by atoms with Gasteiger partial charge in [0.05, 0.1) is 11.1 Å². The Morgan fingerprint density at radius 2 is 2.12 bits per heavy atom. The number of carbonyl (C=O) groups is 1. The first-order valence-electron chi connectivity index (χ1n) is 8.88. The molecule has 0 fully saturated rings. The minimum absolute atomic E-state index is 0.0750. The van der Waals surface area contributed by atoms with Gasteiger partial charge in [-0.05, 0) is 51.7 Å². The van der Waals surface area contributed by atoms with Crippen molar-refractivity contribution < 1.29 is 9.32 Å². The summed E-state index contributed by atoms with van der Waals surface area (Å²) in [5.74, 6) is -0.126. The highest BCUT2D eigenvalue weighted by atomic mass is 16.5. The van der Waals surface area contributed by atoms with Gasteiger partial charge >= 0.3 is 0 Å². The average Bonchev–Trinajstić information content (AvgIpc) is 3.05. The molecule has 7 nitrogen and oxygen atoms in total. The normalized spacial score (nSPS) is 13.6. The van der Waals surface area contributed by atoms with E-state index in [4.69, 9.17) is 4.52 Å². The van der Waals surface area contributed by atoms with Gasteiger partial charge in [-0.2, -0.15) is 0 Å². The first-order chi connectivity index (χ1) is 12.6. The molecule has 3 aromatic heterocycles. The Labute approximate surface area is 150 Å². The average molecular weight is 352 g/mol. The number of nitrogens with one attached hydrogen (secondary N) is 1. The molecule has 26 heavy (non-hydrogen) atoms. The number of carbonyl (C=O) groups excluding carboxylic acids is 1. The molecule has 0 bridgehead atoms. The molecule has 0 atom stereocenters. The highest BCUT2D eigenvalue weighted by Crippen LogP contribution is 2.27. The highest BCUT2D eigenvalue weighted by Gasteiger charge is 2.23. The van der Waals surface area contributed by atoms with Gasteiger partial charge in [0.2, 0.25) is 11.3 Å². The summed E-state index contributed by atoms with van der Waals surface area (Å²) < 4.78 is 7.12. The third kappa shape index (κ3) is 2.69. The molecule has 1 amide bonds. The minimum atomic E-state index is -0.482. The standard InChI is InChI=1S/C19H20N4O3/c1-3-23-10-14(16(24)13-9-8-11(2)20-17(13)23)18(25)21-19-12-6-4-5-7-15(12)22-26-19/h8-10H,3-7H2,1-2H3,(H,21,25). The van der Waals surface area contributed by atoms with Gasteiger partial charge in [-0.1, -0.05) is 5.16 Å². The topological polar surface area (TPSA) is 90.0 Å². The lowest BCUT2D eigenvalue weighted by atomic mass is 9.97. The zero-order valence-corrected chi connectivity index (χ0v) is 14.8. The van der Waals surface area contributed by atoms with Crippen LogP contribution in [0.4, 0.5) is 5.88 Å². The largest absolute Gasteiger partial charge is 0.338 e. The second kappa shape index (κ2) is 6.40. The number of aryl methyl sites for hydroxylation is 3. The molecule has 1 aliphatic carbocycles. The first-order valence-corrected chi connectivity index (χ1v) is 8.88. The molecule has 0 aliphatic heterocycles. The van der Waals surface area contributed by atoms with Gasteiger partial charge in [0.15, 0.2) is 0 Å². The fraction of sp³-hybridized carbons (Fsp3) is 0.368. The Morgan fingerprint density at radius 3 is 2.92 bits per heavy atom. The quantitative estimate of drug-likeness (QED) is 0.783. The van der Waals surface area contributed by atoms with Crippen molar-refractivity contribution in [2.75, 3.05) is 5.32 Å². The maximum absolute atomic E-state index is 12.8. The van der Waals surface area contributed by atoms with Crippen LogP contribution in [-0.4, -0.2) is 20.6 Å². The predicted octanol–water partition coefficient (Wildman–Crippen LogP) is 2.84. The fourth-order valence-electron chi connectivity index (χ4n) is 3.42. The molecular weight excluding hydrogens is 332 g/mol. The van der Waals surface area contributed by atoms with Crippen molar-refractivity contribution in [3.8, 4) is 0 Å². The lowest BCUT2D eigenvalue weighted by Gasteiger charge is -2.12. The van der Waals surface area contributed by atoms with Crippen molar-refractivity contribution in [3.63, 3.8) is 0 Å². The van der Waals surface area contributed by atoms with Crippen LogP contribution in [0.15, 0.2) is 27.6 Å². The van der Waals surface area contributed by atoms with Crippen LogP contribution in [0.3, 0.4) is 0 Å². The van der Waals surface area contributed by atoms with Crippen LogP contribution in [0.1, 0.15) is 47.1 Å². The number of hydrogen-bond donors (Lipinski definition) is 1. The van der Waals surface area contributed by atoms with Crippen molar-refractivity contribution in [1.82, 2.24) is 14.7 Å². The van der Waals surface area contributed by atoms with E-state index >= 15 is 0 Å². The van der Waals surface area contributed by atoms with Crippen molar-refractivity contribution in [2.24, 2.45) is 0 Å². The van der Waals surface area contributed by atoms with Gasteiger partial charge in [-0.25, -0.2) is 4.98 Å². The number of nitrogens with zero attached hydrogens (tertiary/aromatic N) is 3. The molecule has 1 aliphatic rings. The Balaban J connectivity index is 1.75. The van der Waals surface area contributed by atoms with E-state index < -0.39 is 5.91 Å². The Kier molecular flexibility index (Phi) is 4.06. The van der Waals surface area contributed by atoms with Crippen LogP contribution in [0.2, 0.25) is 0 Å². The second-order valence-electron chi connectivity index (χ2n) is 6.58. The molecule has 1 N–H and O–H groups in total. The van der Waals surface area contributed by atoms with E-state index in [1.807, 2.05) is 18.4 Å². The van der Waals surface area contributed by atoms with Crippen molar-refractivity contribution in [3.05, 3.63) is 51.1 Å². The van der Waals surface area contributed by atoms with Crippen LogP contribution in [0.5, 0.6) is 0 Å². The summed E-state index contributed by atoms with van der Waals surface area (Å²) in [6.07, 6.45) is 5.37. The lowest BCUT2D eigenvalue weighted by molar-refractivity contribution is 0.102. The van der Waals surface area contributed by atoms with Gasteiger partial charge in [0, 0.05) is 24.0 Å². The van der Waals surface area contributed by atoms with Gasteiger partial charge in [0.25, 0.3) is 5.91 Å². The summed E-state index contributed by atoms with van der Waals surface area (Å²) >= 11 is 0. The molecule has 0 saturated heterocycles. The minimum Gasteiger partial charge on any atom is -0.338 e. The molecule has 0 spiro atoms. The number of anilines is 1. The molecule has 3 heterocycles. The number of pyridine rings is 2. The van der Waals surface area contributed by atoms with Crippen LogP contribution in [0, 0.1) is 6.92 Å². The fourth-order valence-corrected chi connectivity index (χ4v) is 3.42. The summed E-state index contributed by atoms with van der Waals surface area (Å²) in [4.78, 5) is 30.0. The Hall–Kier alpha value is -2.96. The molecule has 4 rings (SSSR count). The van der Waals surface area contributed by atoms with Gasteiger partial charge in [-0.15, -0.1) is 0 Å². The van der Waals surface area contributed by atoms with Crippen LogP contribution < -0.4 is 10.7 Å². The second-order valence-corrected chi connectivity index (χ2v) is 6.58. The molecule has 0 radical (unpaired) electrons. The monoisotopic (exact) mass is 352 g/mol. The third-order valence-corrected chi connectivity index (χ3v) is 4.83. The molecular formula is C19H20N4O3. The third-order valence-electron chi connectivity index (χ3n) is 4.83. The molecule has 0 saturated carbocycles. The summed E-state index contributed by atoms with van der Waals surface area (Å²) in [5, 5.41) is 7.20. The molecule has 3 aromatic rings. The number of rotatable bonds is 3. The number of hydrogen-bond acceptors (Lipinski definition) is 5. The summed E-state index contributed by atoms with van der Waals surface area (Å²) in [6, 6.07) is 3.50. The summed E-state index contributed by atoms with van der Waals surface area (Å²) in [6.45, 7) is 4.42. The predicted molar refractivity (Wildman–Crippen MR) is 97.5 cm³/mol. The van der Waals surface area contributed by atoms with Crippen LogP contribution in [-0.2, 0) is 19.4 Å². The first kappa shape index (κ1) is 16.5. The number of fused-ring (bicyclic) bond motifs is 2. The zero-order chi connectivity index (χ0) is 18.3. The Morgan fingerprint density at radius 1 is 1.31 bits per heavy atom. The van der Waals surface area contributed by atoms with Crippen LogP contribution in [0.25, 0.3) is 11.0 Å². The van der Waals surface area contributed by atoms with E-state index in [-0.39, 0.29) is 11.0 Å². The number of amides is 1. The van der Waals surface area contributed by atoms with Crippen molar-refractivity contribution in [1.29, 1.82) is 0 Å². The van der Waals surface area contributed by atoms with E-state index in [1.54, 1.807) is 18.3 Å². The lowest BCUT2D eigenvalue weighted by Crippen LogP contribution is -2.24. The smallest absolute Gasteiger partial charge is 0.263 e. The Bertz CT molecular complexity index is 1060. The molecule has 134 valence electrons. The zero-order valence-electron chi connectivity index (χ0n) is 14.8. The van der Waals surface area contributed by atoms with E-state index in [1.165, 1.54) is 0 Å². The van der Waals surface area contributed by atoms with E-state index in [0.29, 0.717) is 23.5 Å². The summed E-state index contributed by atoms with van der Waals surface area (Å²) in [5.41, 5.74) is 3.00. The van der Waals surface area contributed by atoms with E-state index in [2.05, 4.69) is 15.5 Å². The maximum Gasteiger partial charge on any atom is 0.263 e. The SMILES string of the molecule is CCn1cc(C(=O)Nc2onc3c2CCCC3)c(=O)c2ccc(C)nc21. The van der Waals surface area contributed by atoms with Crippen LogP contribution >= 0.6 is 0 Å². The van der Waals surface area contributed by atoms with E-state index in [9.17, 15) is 9.59 Å². The molecule has 0 unspecified atom stereocenters. The van der Waals surface area contributed by atoms with Gasteiger partial charge in [0.1, 0.15) is 11.2 Å². The van der Waals surface area contributed by atoms with Crippen molar-refractivity contribution >= 4 is 22.8 Å². The highest BCUT2D eigenvalue weighted by molar-refractivity contribution is 6.05. The number of aromatic nitrogens is 3. The maximum atomic E-state index is 12.8. The van der Waals surface area contributed by atoms with Crippen molar-refractivity contribution in [2.45, 2.75) is 46.1 Å². The summed E-state index contributed by atoms with van der Waals surface area (Å²) in [7, 11) is 0. The van der Waals surface area contributed by atoms with Gasteiger partial charge < -0.3 is 9.09 Å². The van der Waals surface area contributed by atoms with E-state index in [0.717, 1.165) is 42.6 Å².